The molecule has 1 aliphatic carbocycles. The first-order valence-corrected chi connectivity index (χ1v) is 11.6. The fraction of sp³-hybridized carbons (Fsp3) is 0.440. The summed E-state index contributed by atoms with van der Waals surface area (Å²) in [5.74, 6) is -0.331. The van der Waals surface area contributed by atoms with E-state index in [4.69, 9.17) is 44.8 Å². The lowest BCUT2D eigenvalue weighted by molar-refractivity contribution is -0.154. The lowest BCUT2D eigenvalue weighted by atomic mass is 9.66. The van der Waals surface area contributed by atoms with Crippen LogP contribution in [0.25, 0.3) is 0 Å². The largest absolute Gasteiger partial charge is 0.493 e. The van der Waals surface area contributed by atoms with Crippen molar-refractivity contribution in [1.29, 1.82) is 0 Å². The first-order chi connectivity index (χ1) is 16.9. The van der Waals surface area contributed by atoms with Crippen LogP contribution in [0, 0.1) is 11.8 Å². The van der Waals surface area contributed by atoms with Gasteiger partial charge in [0.2, 0.25) is 12.5 Å². The molecule has 2 unspecified atom stereocenters. The Kier molecular flexibility index (Phi) is 6.04. The molecule has 1 fully saturated rings. The summed E-state index contributed by atoms with van der Waals surface area (Å²) in [6, 6.07) is 5.36. The molecule has 0 saturated carbocycles. The normalized spacial score (nSPS) is 23.7. The maximum absolute atomic E-state index is 13.1. The van der Waals surface area contributed by atoms with Gasteiger partial charge in [0, 0.05) is 23.8 Å². The van der Waals surface area contributed by atoms with Gasteiger partial charge >= 0.3 is 11.9 Å². The minimum Gasteiger partial charge on any atom is -0.493 e. The molecule has 186 valence electrons. The Morgan fingerprint density at radius 2 is 1.66 bits per heavy atom. The van der Waals surface area contributed by atoms with E-state index in [2.05, 4.69) is 0 Å². The molecule has 0 amide bonds. The number of hydrogen-bond acceptors (Lipinski definition) is 9. The van der Waals surface area contributed by atoms with Gasteiger partial charge in [-0.25, -0.2) is 0 Å². The Morgan fingerprint density at radius 1 is 0.971 bits per heavy atom. The fourth-order valence-corrected chi connectivity index (χ4v) is 5.56. The van der Waals surface area contributed by atoms with Crippen LogP contribution in [-0.4, -0.2) is 46.7 Å². The molecule has 9 nitrogen and oxygen atoms in total. The summed E-state index contributed by atoms with van der Waals surface area (Å²) in [5, 5.41) is 0.279. The molecule has 0 aromatic heterocycles. The van der Waals surface area contributed by atoms with E-state index in [9.17, 15) is 9.59 Å². The molecule has 3 aliphatic rings. The van der Waals surface area contributed by atoms with E-state index >= 15 is 0 Å². The van der Waals surface area contributed by atoms with E-state index in [1.165, 1.54) is 21.3 Å². The zero-order chi connectivity index (χ0) is 24.9. The van der Waals surface area contributed by atoms with Crippen molar-refractivity contribution in [1.82, 2.24) is 0 Å². The van der Waals surface area contributed by atoms with Crippen LogP contribution in [-0.2, 0) is 19.1 Å². The first kappa shape index (κ1) is 23.4. The Bertz CT molecular complexity index is 1190. The van der Waals surface area contributed by atoms with Crippen LogP contribution in [0.4, 0.5) is 0 Å². The number of carbonyl (C=O) groups is 2. The number of rotatable bonds is 6. The molecule has 4 atom stereocenters. The highest BCUT2D eigenvalue weighted by molar-refractivity contribution is 6.33. The van der Waals surface area contributed by atoms with E-state index in [1.54, 1.807) is 13.0 Å². The number of fused-ring (bicyclic) bond motifs is 3. The van der Waals surface area contributed by atoms with E-state index in [0.717, 1.165) is 5.56 Å². The van der Waals surface area contributed by atoms with E-state index in [-0.39, 0.29) is 36.6 Å². The summed E-state index contributed by atoms with van der Waals surface area (Å²) in [4.78, 5) is 25.5. The second-order valence-electron chi connectivity index (χ2n) is 8.44. The summed E-state index contributed by atoms with van der Waals surface area (Å²) in [7, 11) is 4.48. The molecule has 0 radical (unpaired) electrons. The highest BCUT2D eigenvalue weighted by atomic mass is 35.5. The second kappa shape index (κ2) is 9.03. The van der Waals surface area contributed by atoms with Crippen molar-refractivity contribution < 1.29 is 42.7 Å². The van der Waals surface area contributed by atoms with Crippen LogP contribution in [0.3, 0.4) is 0 Å². The zero-order valence-corrected chi connectivity index (χ0v) is 20.5. The SMILES string of the molecule is CCC(=O)O[C@H]1c2cc3c(cc2[C@@H](c2cc(OC)c(OC)c(OC)c2Cl)C2C(=O)OCC21)OCO3. The summed E-state index contributed by atoms with van der Waals surface area (Å²) in [6.07, 6.45) is -0.495. The number of methoxy groups -OCH3 is 3. The average Bonchev–Trinajstić information content (AvgIpc) is 3.49. The van der Waals surface area contributed by atoms with Crippen molar-refractivity contribution in [2.24, 2.45) is 11.8 Å². The van der Waals surface area contributed by atoms with Crippen molar-refractivity contribution in [3.8, 4) is 28.7 Å². The maximum Gasteiger partial charge on any atom is 0.310 e. The van der Waals surface area contributed by atoms with Crippen LogP contribution >= 0.6 is 11.6 Å². The van der Waals surface area contributed by atoms with Crippen LogP contribution in [0.5, 0.6) is 28.7 Å². The molecule has 0 N–H and O–H groups in total. The van der Waals surface area contributed by atoms with Gasteiger partial charge in [0.05, 0.1) is 38.9 Å². The molecule has 10 heteroatoms. The van der Waals surface area contributed by atoms with Gasteiger partial charge < -0.3 is 33.2 Å². The number of hydrogen-bond donors (Lipinski definition) is 0. The number of cyclic esters (lactones) is 1. The fourth-order valence-electron chi connectivity index (χ4n) is 5.23. The highest BCUT2D eigenvalue weighted by Gasteiger charge is 2.54. The molecule has 35 heavy (non-hydrogen) atoms. The number of esters is 2. The number of carbonyl (C=O) groups excluding carboxylic acids is 2. The summed E-state index contributed by atoms with van der Waals surface area (Å²) in [5.41, 5.74) is 2.03. The number of benzene rings is 2. The molecule has 2 aromatic rings. The third-order valence-electron chi connectivity index (χ3n) is 6.80. The quantitative estimate of drug-likeness (QED) is 0.540. The van der Waals surface area contributed by atoms with E-state index < -0.39 is 29.8 Å². The van der Waals surface area contributed by atoms with Gasteiger partial charge in [0.1, 0.15) is 6.10 Å². The molecular weight excluding hydrogens is 480 g/mol. The summed E-state index contributed by atoms with van der Waals surface area (Å²) in [6.45, 7) is 1.90. The minimum absolute atomic E-state index is 0.0716. The monoisotopic (exact) mass is 504 g/mol. The van der Waals surface area contributed by atoms with Gasteiger partial charge in [0.25, 0.3) is 0 Å². The van der Waals surface area contributed by atoms with Crippen molar-refractivity contribution in [2.75, 3.05) is 34.7 Å². The third-order valence-corrected chi connectivity index (χ3v) is 7.19. The molecule has 0 spiro atoms. The summed E-state index contributed by atoms with van der Waals surface area (Å²) < 4.78 is 39.2. The third kappa shape index (κ3) is 3.60. The van der Waals surface area contributed by atoms with E-state index in [0.29, 0.717) is 34.1 Å². The molecular formula is C25H25ClO9. The van der Waals surface area contributed by atoms with Gasteiger partial charge in [-0.3, -0.25) is 9.59 Å². The molecule has 1 saturated heterocycles. The van der Waals surface area contributed by atoms with Gasteiger partial charge in [0.15, 0.2) is 23.0 Å². The molecule has 0 bridgehead atoms. The van der Waals surface area contributed by atoms with Crippen LogP contribution < -0.4 is 23.7 Å². The average molecular weight is 505 g/mol. The van der Waals surface area contributed by atoms with Crippen molar-refractivity contribution in [3.05, 3.63) is 39.9 Å². The van der Waals surface area contributed by atoms with Crippen molar-refractivity contribution in [3.63, 3.8) is 0 Å². The van der Waals surface area contributed by atoms with Gasteiger partial charge in [-0.05, 0) is 29.3 Å². The Labute approximate surface area is 207 Å². The number of halogens is 1. The lowest BCUT2D eigenvalue weighted by Gasteiger charge is -2.39. The molecule has 2 aliphatic heterocycles. The van der Waals surface area contributed by atoms with Crippen LogP contribution in [0.1, 0.15) is 42.1 Å². The first-order valence-electron chi connectivity index (χ1n) is 11.2. The second-order valence-corrected chi connectivity index (χ2v) is 8.82. The Hall–Kier alpha value is -3.33. The Morgan fingerprint density at radius 3 is 2.29 bits per heavy atom. The van der Waals surface area contributed by atoms with Crippen LogP contribution in [0.2, 0.25) is 5.02 Å². The topological polar surface area (TPSA) is 98.8 Å². The van der Waals surface area contributed by atoms with Crippen molar-refractivity contribution in [2.45, 2.75) is 25.4 Å². The Balaban J connectivity index is 1.77. The standard InChI is InChI=1S/C25H25ClO9/c1-5-18(27)35-22-12-7-16-15(33-10-34-16)6-11(12)19(20-14(22)9-32-25(20)28)13-8-17(29-2)23(30-3)24(31-4)21(13)26/h6-8,14,19-20,22H,5,9-10H2,1-4H3/t14?,19-,20?,22-/m0/s1. The maximum atomic E-state index is 13.1. The van der Waals surface area contributed by atoms with Gasteiger partial charge in [-0.2, -0.15) is 0 Å². The number of ether oxygens (including phenoxy) is 7. The lowest BCUT2D eigenvalue weighted by Crippen LogP contribution is -2.36. The van der Waals surface area contributed by atoms with Gasteiger partial charge in [-0.15, -0.1) is 0 Å². The predicted molar refractivity (Wildman–Crippen MR) is 123 cm³/mol. The summed E-state index contributed by atoms with van der Waals surface area (Å²) >= 11 is 6.87. The van der Waals surface area contributed by atoms with Crippen LogP contribution in [0.15, 0.2) is 18.2 Å². The smallest absolute Gasteiger partial charge is 0.310 e. The highest BCUT2D eigenvalue weighted by Crippen LogP contribution is 2.58. The van der Waals surface area contributed by atoms with Crippen molar-refractivity contribution >= 4 is 23.5 Å². The van der Waals surface area contributed by atoms with Gasteiger partial charge in [-0.1, -0.05) is 18.5 Å². The molecule has 5 rings (SSSR count). The molecule has 2 heterocycles. The predicted octanol–water partition coefficient (Wildman–Crippen LogP) is 4.02. The minimum atomic E-state index is -0.694. The zero-order valence-electron chi connectivity index (χ0n) is 19.7. The molecule has 2 aromatic carbocycles. The van der Waals surface area contributed by atoms with E-state index in [1.807, 2.05) is 12.1 Å².